The highest BCUT2D eigenvalue weighted by Crippen LogP contribution is 2.17. The third kappa shape index (κ3) is 6.02. The summed E-state index contributed by atoms with van der Waals surface area (Å²) in [5.41, 5.74) is 2.74. The Morgan fingerprint density at radius 3 is 2.66 bits per heavy atom. The molecule has 148 valence electrons. The Bertz CT molecular complexity index is 1030. The van der Waals surface area contributed by atoms with Crippen molar-refractivity contribution in [1.29, 1.82) is 0 Å². The fraction of sp³-hybridized carbons (Fsp3) is 0.136. The van der Waals surface area contributed by atoms with Gasteiger partial charge in [0.25, 0.3) is 0 Å². The minimum Gasteiger partial charge on any atom is -0.487 e. The summed E-state index contributed by atoms with van der Waals surface area (Å²) in [6.45, 7) is 2.36. The molecule has 0 saturated carbocycles. The van der Waals surface area contributed by atoms with Gasteiger partial charge in [-0.1, -0.05) is 12.1 Å². The number of aryl methyl sites for hydroxylation is 1. The maximum absolute atomic E-state index is 12.1. The minimum absolute atomic E-state index is 0.278. The predicted octanol–water partition coefficient (Wildman–Crippen LogP) is 4.47. The summed E-state index contributed by atoms with van der Waals surface area (Å²) in [6.07, 6.45) is 3.15. The standard InChI is InChI=1S/C22H20N2O4S/c1-15-23-19(14-29-15)13-28-20-5-3-4-16(12-20)6-11-21(25)24-18-9-7-17(8-10-18)22(26)27-2/h3-12,14H,13H2,1-2H3,(H,24,25)/b11-6+. The normalized spacial score (nSPS) is 10.7. The highest BCUT2D eigenvalue weighted by molar-refractivity contribution is 7.09. The quantitative estimate of drug-likeness (QED) is 0.461. The van der Waals surface area contributed by atoms with Gasteiger partial charge < -0.3 is 14.8 Å². The van der Waals surface area contributed by atoms with Gasteiger partial charge in [-0.15, -0.1) is 11.3 Å². The Balaban J connectivity index is 1.56. The summed E-state index contributed by atoms with van der Waals surface area (Å²) in [7, 11) is 1.32. The zero-order valence-corrected chi connectivity index (χ0v) is 16.9. The van der Waals surface area contributed by atoms with Crippen LogP contribution in [0.1, 0.15) is 26.6 Å². The Labute approximate surface area is 172 Å². The van der Waals surface area contributed by atoms with Crippen LogP contribution in [0.3, 0.4) is 0 Å². The molecule has 1 heterocycles. The van der Waals surface area contributed by atoms with Gasteiger partial charge in [-0.25, -0.2) is 9.78 Å². The number of benzene rings is 2. The number of thiazole rings is 1. The smallest absolute Gasteiger partial charge is 0.337 e. The lowest BCUT2D eigenvalue weighted by atomic mass is 10.2. The van der Waals surface area contributed by atoms with Crippen molar-refractivity contribution in [3.63, 3.8) is 0 Å². The van der Waals surface area contributed by atoms with Gasteiger partial charge in [0, 0.05) is 17.1 Å². The van der Waals surface area contributed by atoms with E-state index in [1.54, 1.807) is 41.7 Å². The van der Waals surface area contributed by atoms with E-state index in [1.165, 1.54) is 13.2 Å². The van der Waals surface area contributed by atoms with Crippen molar-refractivity contribution in [2.45, 2.75) is 13.5 Å². The second-order valence-electron chi connectivity index (χ2n) is 6.11. The summed E-state index contributed by atoms with van der Waals surface area (Å²) in [5.74, 6) is 0.00600. The first-order valence-electron chi connectivity index (χ1n) is 8.85. The van der Waals surface area contributed by atoms with Gasteiger partial charge in [0.05, 0.1) is 23.4 Å². The SMILES string of the molecule is COC(=O)c1ccc(NC(=O)/C=C/c2cccc(OCc3csc(C)n3)c2)cc1. The van der Waals surface area contributed by atoms with Crippen LogP contribution in [0, 0.1) is 6.92 Å². The molecule has 3 aromatic rings. The highest BCUT2D eigenvalue weighted by atomic mass is 32.1. The number of amides is 1. The Kier molecular flexibility index (Phi) is 6.76. The number of ether oxygens (including phenoxy) is 2. The van der Waals surface area contributed by atoms with Gasteiger partial charge >= 0.3 is 5.97 Å². The first-order chi connectivity index (χ1) is 14.0. The third-order valence-corrected chi connectivity index (χ3v) is 4.73. The number of carbonyl (C=O) groups excluding carboxylic acids is 2. The first-order valence-corrected chi connectivity index (χ1v) is 9.73. The van der Waals surface area contributed by atoms with Crippen molar-refractivity contribution in [2.75, 3.05) is 12.4 Å². The van der Waals surface area contributed by atoms with Crippen molar-refractivity contribution in [2.24, 2.45) is 0 Å². The number of rotatable bonds is 7. The molecule has 2 aromatic carbocycles. The lowest BCUT2D eigenvalue weighted by Gasteiger charge is -2.05. The summed E-state index contributed by atoms with van der Waals surface area (Å²) < 4.78 is 10.4. The van der Waals surface area contributed by atoms with Gasteiger partial charge in [-0.2, -0.15) is 0 Å². The predicted molar refractivity (Wildman–Crippen MR) is 113 cm³/mol. The van der Waals surface area contributed by atoms with Gasteiger partial charge in [-0.05, 0) is 55.0 Å². The van der Waals surface area contributed by atoms with E-state index in [1.807, 2.05) is 36.6 Å². The average molecular weight is 408 g/mol. The fourth-order valence-electron chi connectivity index (χ4n) is 2.50. The van der Waals surface area contributed by atoms with E-state index in [2.05, 4.69) is 15.0 Å². The van der Waals surface area contributed by atoms with Crippen LogP contribution in [0.25, 0.3) is 6.08 Å². The average Bonchev–Trinajstić information content (AvgIpc) is 3.16. The Hall–Kier alpha value is -3.45. The number of nitrogens with zero attached hydrogens (tertiary/aromatic N) is 1. The van der Waals surface area contributed by atoms with Crippen molar-refractivity contribution < 1.29 is 19.1 Å². The summed E-state index contributed by atoms with van der Waals surface area (Å²) >= 11 is 1.59. The third-order valence-electron chi connectivity index (χ3n) is 3.91. The van der Waals surface area contributed by atoms with Gasteiger partial charge in [0.1, 0.15) is 12.4 Å². The molecule has 0 radical (unpaired) electrons. The first kappa shape index (κ1) is 20.3. The molecular formula is C22H20N2O4S. The molecule has 0 aliphatic heterocycles. The molecule has 0 aliphatic rings. The molecule has 1 N–H and O–H groups in total. The number of hydrogen-bond acceptors (Lipinski definition) is 6. The number of methoxy groups -OCH3 is 1. The van der Waals surface area contributed by atoms with Crippen molar-refractivity contribution in [3.8, 4) is 5.75 Å². The number of aromatic nitrogens is 1. The topological polar surface area (TPSA) is 77.5 Å². The molecule has 29 heavy (non-hydrogen) atoms. The van der Waals surface area contributed by atoms with E-state index < -0.39 is 5.97 Å². The zero-order chi connectivity index (χ0) is 20.6. The van der Waals surface area contributed by atoms with Gasteiger partial charge in [0.15, 0.2) is 0 Å². The molecule has 3 rings (SSSR count). The van der Waals surface area contributed by atoms with Crippen LogP contribution in [0.4, 0.5) is 5.69 Å². The van der Waals surface area contributed by atoms with Gasteiger partial charge in [0.2, 0.25) is 5.91 Å². The van der Waals surface area contributed by atoms with E-state index in [9.17, 15) is 9.59 Å². The fourth-order valence-corrected chi connectivity index (χ4v) is 3.10. The van der Waals surface area contributed by atoms with Crippen LogP contribution in [-0.2, 0) is 16.1 Å². The van der Waals surface area contributed by atoms with E-state index in [0.29, 0.717) is 23.6 Å². The summed E-state index contributed by atoms with van der Waals surface area (Å²) in [6, 6.07) is 13.9. The highest BCUT2D eigenvalue weighted by Gasteiger charge is 2.05. The number of carbonyl (C=O) groups is 2. The van der Waals surface area contributed by atoms with Crippen molar-refractivity contribution in [3.05, 3.63) is 81.8 Å². The summed E-state index contributed by atoms with van der Waals surface area (Å²) in [5, 5.41) is 5.72. The summed E-state index contributed by atoms with van der Waals surface area (Å²) in [4.78, 5) is 27.9. The number of hydrogen-bond donors (Lipinski definition) is 1. The lowest BCUT2D eigenvalue weighted by molar-refractivity contribution is -0.111. The van der Waals surface area contributed by atoms with E-state index in [4.69, 9.17) is 4.74 Å². The van der Waals surface area contributed by atoms with Crippen molar-refractivity contribution in [1.82, 2.24) is 4.98 Å². The molecule has 0 fully saturated rings. The maximum Gasteiger partial charge on any atom is 0.337 e. The molecule has 1 amide bonds. The van der Waals surface area contributed by atoms with Crippen LogP contribution in [0.15, 0.2) is 60.0 Å². The molecule has 0 aliphatic carbocycles. The van der Waals surface area contributed by atoms with Gasteiger partial charge in [-0.3, -0.25) is 4.79 Å². The molecular weight excluding hydrogens is 388 g/mol. The van der Waals surface area contributed by atoms with Crippen LogP contribution >= 0.6 is 11.3 Å². The van der Waals surface area contributed by atoms with E-state index in [-0.39, 0.29) is 5.91 Å². The second-order valence-corrected chi connectivity index (χ2v) is 7.17. The van der Waals surface area contributed by atoms with E-state index in [0.717, 1.165) is 16.3 Å². The molecule has 0 bridgehead atoms. The molecule has 1 aromatic heterocycles. The zero-order valence-electron chi connectivity index (χ0n) is 16.0. The molecule has 0 saturated heterocycles. The van der Waals surface area contributed by atoms with Crippen LogP contribution in [0.2, 0.25) is 0 Å². The van der Waals surface area contributed by atoms with Crippen molar-refractivity contribution >= 4 is 35.0 Å². The van der Waals surface area contributed by atoms with Crippen LogP contribution < -0.4 is 10.1 Å². The van der Waals surface area contributed by atoms with E-state index >= 15 is 0 Å². The number of nitrogens with one attached hydrogen (secondary N) is 1. The molecule has 6 nitrogen and oxygen atoms in total. The Morgan fingerprint density at radius 2 is 1.97 bits per heavy atom. The molecule has 7 heteroatoms. The minimum atomic E-state index is -0.421. The molecule has 0 spiro atoms. The largest absolute Gasteiger partial charge is 0.487 e. The molecule has 0 unspecified atom stereocenters. The number of esters is 1. The maximum atomic E-state index is 12.1. The monoisotopic (exact) mass is 408 g/mol. The molecule has 0 atom stereocenters. The lowest BCUT2D eigenvalue weighted by Crippen LogP contribution is -2.08. The Morgan fingerprint density at radius 1 is 1.17 bits per heavy atom. The van der Waals surface area contributed by atoms with Crippen LogP contribution in [0.5, 0.6) is 5.75 Å². The number of anilines is 1. The van der Waals surface area contributed by atoms with Crippen LogP contribution in [-0.4, -0.2) is 24.0 Å². The second kappa shape index (κ2) is 9.66.